The first kappa shape index (κ1) is 25.9. The molecule has 4 rings (SSSR count). The van der Waals surface area contributed by atoms with Crippen molar-refractivity contribution in [1.29, 1.82) is 0 Å². The van der Waals surface area contributed by atoms with Crippen molar-refractivity contribution < 1.29 is 22.1 Å². The maximum atomic E-state index is 13.2. The average Bonchev–Trinajstić information content (AvgIpc) is 3.12. The van der Waals surface area contributed by atoms with Crippen LogP contribution in [0.2, 0.25) is 0 Å². The minimum Gasteiger partial charge on any atom is -0.462 e. The summed E-state index contributed by atoms with van der Waals surface area (Å²) in [6.45, 7) is 4.30. The molecule has 0 N–H and O–H groups in total. The molecule has 0 unspecified atom stereocenters. The molecular formula is C27H27BrN2O5S. The number of halogens is 1. The summed E-state index contributed by atoms with van der Waals surface area (Å²) >= 11 is 3.47. The molecule has 3 aromatic carbocycles. The number of hydrogen-bond donors (Lipinski definition) is 0. The number of nitrogens with zero attached hydrogens (tertiary/aromatic N) is 2. The Hall–Kier alpha value is -3.14. The minimum absolute atomic E-state index is 0.0551. The summed E-state index contributed by atoms with van der Waals surface area (Å²) < 4.78 is 39.6. The molecule has 1 aromatic heterocycles. The van der Waals surface area contributed by atoms with Crippen LogP contribution in [0.15, 0.2) is 76.1 Å². The molecule has 0 aliphatic heterocycles. The lowest BCUT2D eigenvalue weighted by molar-refractivity contribution is 0.0526. The second-order valence-corrected chi connectivity index (χ2v) is 11.1. The fourth-order valence-corrected chi connectivity index (χ4v) is 5.21. The van der Waals surface area contributed by atoms with Crippen LogP contribution in [0.3, 0.4) is 0 Å². The Balaban J connectivity index is 1.92. The quantitative estimate of drug-likeness (QED) is 0.199. The van der Waals surface area contributed by atoms with Crippen molar-refractivity contribution in [3.05, 3.63) is 88.0 Å². The maximum absolute atomic E-state index is 13.2. The summed E-state index contributed by atoms with van der Waals surface area (Å²) in [6.07, 6.45) is 0. The normalized spacial score (nSPS) is 11.7. The maximum Gasteiger partial charge on any atom is 0.340 e. The Morgan fingerprint density at radius 3 is 2.28 bits per heavy atom. The van der Waals surface area contributed by atoms with Crippen LogP contribution in [0.4, 0.5) is 0 Å². The highest BCUT2D eigenvalue weighted by atomic mass is 79.9. The minimum atomic E-state index is -4.06. The number of hydrogen-bond acceptors (Lipinski definition) is 6. The van der Waals surface area contributed by atoms with Crippen molar-refractivity contribution in [3.8, 4) is 11.4 Å². The molecule has 0 saturated carbocycles. The van der Waals surface area contributed by atoms with E-state index in [1.165, 1.54) is 12.1 Å². The summed E-state index contributed by atoms with van der Waals surface area (Å²) in [4.78, 5) is 15.2. The number of esters is 1. The van der Waals surface area contributed by atoms with E-state index in [-0.39, 0.29) is 17.3 Å². The Labute approximate surface area is 219 Å². The lowest BCUT2D eigenvalue weighted by Gasteiger charge is -2.16. The zero-order chi connectivity index (χ0) is 26.0. The molecule has 188 valence electrons. The topological polar surface area (TPSA) is 77.8 Å². The zero-order valence-corrected chi connectivity index (χ0v) is 22.9. The number of benzene rings is 3. The third-order valence-corrected chi connectivity index (χ3v) is 7.37. The summed E-state index contributed by atoms with van der Waals surface area (Å²) in [5.41, 5.74) is 3.64. The predicted octanol–water partition coefficient (Wildman–Crippen LogP) is 5.71. The van der Waals surface area contributed by atoms with Gasteiger partial charge in [-0.3, -0.25) is 0 Å². The molecule has 0 fully saturated rings. The number of aryl methyl sites for hydroxylation is 1. The Bertz CT molecular complexity index is 1510. The van der Waals surface area contributed by atoms with Gasteiger partial charge in [-0.25, -0.2) is 4.79 Å². The van der Waals surface area contributed by atoms with Gasteiger partial charge in [0.1, 0.15) is 10.6 Å². The summed E-state index contributed by atoms with van der Waals surface area (Å²) in [7, 11) is -0.222. The second-order valence-electron chi connectivity index (χ2n) is 8.62. The molecule has 0 saturated heterocycles. The number of rotatable bonds is 8. The molecule has 4 aromatic rings. The smallest absolute Gasteiger partial charge is 0.340 e. The van der Waals surface area contributed by atoms with Crippen LogP contribution in [0, 0.1) is 6.92 Å². The van der Waals surface area contributed by atoms with Crippen molar-refractivity contribution in [1.82, 2.24) is 9.47 Å². The van der Waals surface area contributed by atoms with Gasteiger partial charge in [0.15, 0.2) is 0 Å². The largest absolute Gasteiger partial charge is 0.462 e. The predicted molar refractivity (Wildman–Crippen MR) is 143 cm³/mol. The highest BCUT2D eigenvalue weighted by molar-refractivity contribution is 9.10. The zero-order valence-electron chi connectivity index (χ0n) is 20.5. The van der Waals surface area contributed by atoms with E-state index in [2.05, 4.69) is 15.9 Å². The van der Waals surface area contributed by atoms with Gasteiger partial charge < -0.3 is 18.4 Å². The SMILES string of the molecule is CCOC(=O)c1c(CN(C)C)n(-c2ccc(Br)cc2)c2ccc(OS(=O)(=O)c3ccc(C)cc3)cc12. The van der Waals surface area contributed by atoms with Crippen LogP contribution in [0.1, 0.15) is 28.5 Å². The van der Waals surface area contributed by atoms with Gasteiger partial charge in [-0.2, -0.15) is 8.42 Å². The van der Waals surface area contributed by atoms with Crippen molar-refractivity contribution >= 4 is 42.9 Å². The van der Waals surface area contributed by atoms with Gasteiger partial charge in [-0.15, -0.1) is 0 Å². The van der Waals surface area contributed by atoms with Crippen LogP contribution in [-0.4, -0.2) is 44.6 Å². The fourth-order valence-electron chi connectivity index (χ4n) is 4.02. The van der Waals surface area contributed by atoms with Gasteiger partial charge in [0.05, 0.1) is 23.4 Å². The molecule has 0 atom stereocenters. The van der Waals surface area contributed by atoms with E-state index in [9.17, 15) is 13.2 Å². The van der Waals surface area contributed by atoms with E-state index < -0.39 is 16.1 Å². The molecule has 0 radical (unpaired) electrons. The summed E-state index contributed by atoms with van der Waals surface area (Å²) in [5, 5.41) is 0.546. The van der Waals surface area contributed by atoms with E-state index in [0.29, 0.717) is 17.5 Å². The average molecular weight is 571 g/mol. The van der Waals surface area contributed by atoms with E-state index >= 15 is 0 Å². The third kappa shape index (κ3) is 5.33. The first-order valence-electron chi connectivity index (χ1n) is 11.4. The first-order valence-corrected chi connectivity index (χ1v) is 13.6. The number of aromatic nitrogens is 1. The van der Waals surface area contributed by atoms with Crippen LogP contribution in [0.25, 0.3) is 16.6 Å². The van der Waals surface area contributed by atoms with Gasteiger partial charge in [0.2, 0.25) is 0 Å². The lowest BCUT2D eigenvalue weighted by Crippen LogP contribution is -2.17. The van der Waals surface area contributed by atoms with Crippen molar-refractivity contribution in [3.63, 3.8) is 0 Å². The van der Waals surface area contributed by atoms with Crippen molar-refractivity contribution in [2.75, 3.05) is 20.7 Å². The van der Waals surface area contributed by atoms with Crippen LogP contribution in [-0.2, 0) is 21.4 Å². The Morgan fingerprint density at radius 1 is 1.00 bits per heavy atom. The van der Waals surface area contributed by atoms with E-state index in [0.717, 1.165) is 26.9 Å². The van der Waals surface area contributed by atoms with Gasteiger partial charge in [-0.05, 0) is 82.5 Å². The van der Waals surface area contributed by atoms with Crippen LogP contribution >= 0.6 is 15.9 Å². The monoisotopic (exact) mass is 570 g/mol. The van der Waals surface area contributed by atoms with Gasteiger partial charge in [0, 0.05) is 22.1 Å². The number of carbonyl (C=O) groups is 1. The van der Waals surface area contributed by atoms with E-state index in [1.54, 1.807) is 37.3 Å². The first-order chi connectivity index (χ1) is 17.1. The molecule has 0 bridgehead atoms. The third-order valence-electron chi connectivity index (χ3n) is 5.58. The molecule has 0 amide bonds. The Kier molecular flexibility index (Phi) is 7.54. The lowest BCUT2D eigenvalue weighted by atomic mass is 10.1. The molecule has 0 aliphatic rings. The van der Waals surface area contributed by atoms with Crippen LogP contribution < -0.4 is 4.18 Å². The molecule has 7 nitrogen and oxygen atoms in total. The highest BCUT2D eigenvalue weighted by Crippen LogP contribution is 2.35. The second kappa shape index (κ2) is 10.5. The number of ether oxygens (including phenoxy) is 1. The summed E-state index contributed by atoms with van der Waals surface area (Å²) in [6, 6.07) is 19.1. The molecular weight excluding hydrogens is 544 g/mol. The van der Waals surface area contributed by atoms with Crippen molar-refractivity contribution in [2.45, 2.75) is 25.3 Å². The van der Waals surface area contributed by atoms with Gasteiger partial charge >= 0.3 is 16.1 Å². The van der Waals surface area contributed by atoms with Crippen LogP contribution in [0.5, 0.6) is 5.75 Å². The Morgan fingerprint density at radius 2 is 1.67 bits per heavy atom. The summed E-state index contributed by atoms with van der Waals surface area (Å²) in [5.74, 6) is -0.369. The molecule has 1 heterocycles. The standard InChI is InChI=1S/C27H27BrN2O5S/c1-5-34-27(31)26-23-16-21(35-36(32,33)22-13-6-18(2)7-14-22)12-15-24(23)30(25(26)17-29(3)4)20-10-8-19(28)9-11-20/h6-16H,5,17H2,1-4H3. The van der Waals surface area contributed by atoms with Gasteiger partial charge in [-0.1, -0.05) is 33.6 Å². The van der Waals surface area contributed by atoms with E-state index in [4.69, 9.17) is 8.92 Å². The molecule has 36 heavy (non-hydrogen) atoms. The molecule has 0 aliphatic carbocycles. The van der Waals surface area contributed by atoms with E-state index in [1.807, 2.05) is 54.8 Å². The fraction of sp³-hybridized carbons (Fsp3) is 0.222. The van der Waals surface area contributed by atoms with Crippen molar-refractivity contribution in [2.24, 2.45) is 0 Å². The number of fused-ring (bicyclic) bond motifs is 1. The molecule has 9 heteroatoms. The highest BCUT2D eigenvalue weighted by Gasteiger charge is 2.26. The van der Waals surface area contributed by atoms with Gasteiger partial charge in [0.25, 0.3) is 0 Å². The molecule has 0 spiro atoms. The number of carbonyl (C=O) groups excluding carboxylic acids is 1.